The normalized spacial score (nSPS) is 10.7. The molecule has 2 aromatic carbocycles. The van der Waals surface area contributed by atoms with Crippen LogP contribution in [0.1, 0.15) is 15.4 Å². The van der Waals surface area contributed by atoms with Crippen LogP contribution in [0, 0.1) is 0 Å². The summed E-state index contributed by atoms with van der Waals surface area (Å²) in [5, 5.41) is 16.8. The Kier molecular flexibility index (Phi) is 5.15. The first kappa shape index (κ1) is 16.1. The largest absolute Gasteiger partial charge is 0.330 e. The standard InChI is InChI=1S/C16H12ClN5OS/c17-12-6-8-13(9-7-12)19-16-22-20-14(24-16)10-18-21-15(23)11-4-2-1-3-5-11/h1-10H,(H,19,22)(H,21,23). The number of hydrogen-bond donors (Lipinski definition) is 2. The van der Waals surface area contributed by atoms with E-state index in [9.17, 15) is 4.79 Å². The number of hydrogen-bond acceptors (Lipinski definition) is 6. The lowest BCUT2D eigenvalue weighted by Gasteiger charge is -2.00. The van der Waals surface area contributed by atoms with Gasteiger partial charge in [0.25, 0.3) is 5.91 Å². The van der Waals surface area contributed by atoms with E-state index in [1.54, 1.807) is 36.4 Å². The van der Waals surface area contributed by atoms with Crippen LogP contribution in [0.15, 0.2) is 59.7 Å². The second-order valence-electron chi connectivity index (χ2n) is 4.64. The average molecular weight is 358 g/mol. The highest BCUT2D eigenvalue weighted by Crippen LogP contribution is 2.21. The van der Waals surface area contributed by atoms with Crippen molar-refractivity contribution in [2.75, 3.05) is 5.32 Å². The van der Waals surface area contributed by atoms with Crippen molar-refractivity contribution in [2.45, 2.75) is 0 Å². The van der Waals surface area contributed by atoms with E-state index in [4.69, 9.17) is 11.6 Å². The zero-order valence-corrected chi connectivity index (χ0v) is 13.9. The molecular formula is C16H12ClN5OS. The van der Waals surface area contributed by atoms with Crippen molar-refractivity contribution in [1.82, 2.24) is 15.6 Å². The summed E-state index contributed by atoms with van der Waals surface area (Å²) in [4.78, 5) is 11.8. The zero-order chi connectivity index (χ0) is 16.8. The Morgan fingerprint density at radius 3 is 2.58 bits per heavy atom. The number of carbonyl (C=O) groups excluding carboxylic acids is 1. The predicted molar refractivity (Wildman–Crippen MR) is 96.1 cm³/mol. The van der Waals surface area contributed by atoms with Gasteiger partial charge in [-0.1, -0.05) is 41.1 Å². The summed E-state index contributed by atoms with van der Waals surface area (Å²) in [5.74, 6) is -0.282. The Labute approximate surface area is 147 Å². The van der Waals surface area contributed by atoms with Crippen molar-refractivity contribution in [3.8, 4) is 0 Å². The minimum atomic E-state index is -0.282. The molecule has 1 aromatic heterocycles. The van der Waals surface area contributed by atoms with Crippen molar-refractivity contribution in [1.29, 1.82) is 0 Å². The molecule has 0 saturated heterocycles. The van der Waals surface area contributed by atoms with E-state index in [0.717, 1.165) is 5.69 Å². The average Bonchev–Trinajstić information content (AvgIpc) is 3.05. The van der Waals surface area contributed by atoms with E-state index < -0.39 is 0 Å². The van der Waals surface area contributed by atoms with Crippen LogP contribution in [-0.2, 0) is 0 Å². The number of carbonyl (C=O) groups is 1. The van der Waals surface area contributed by atoms with Gasteiger partial charge in [0.2, 0.25) is 5.13 Å². The van der Waals surface area contributed by atoms with Gasteiger partial charge in [0, 0.05) is 16.3 Å². The first-order valence-corrected chi connectivity index (χ1v) is 8.15. The Balaban J connectivity index is 1.57. The van der Waals surface area contributed by atoms with Crippen molar-refractivity contribution in [3.05, 3.63) is 70.2 Å². The summed E-state index contributed by atoms with van der Waals surface area (Å²) < 4.78 is 0. The van der Waals surface area contributed by atoms with Gasteiger partial charge in [-0.25, -0.2) is 5.43 Å². The van der Waals surface area contributed by atoms with E-state index in [0.29, 0.717) is 20.7 Å². The van der Waals surface area contributed by atoms with Gasteiger partial charge in [-0.3, -0.25) is 4.79 Å². The molecular weight excluding hydrogens is 346 g/mol. The van der Waals surface area contributed by atoms with Gasteiger partial charge in [0.1, 0.15) is 0 Å². The van der Waals surface area contributed by atoms with Gasteiger partial charge < -0.3 is 5.32 Å². The number of hydrazone groups is 1. The van der Waals surface area contributed by atoms with Crippen LogP contribution in [0.4, 0.5) is 10.8 Å². The number of anilines is 2. The summed E-state index contributed by atoms with van der Waals surface area (Å²) in [6, 6.07) is 16.1. The molecule has 0 spiro atoms. The highest BCUT2D eigenvalue weighted by molar-refractivity contribution is 7.16. The highest BCUT2D eigenvalue weighted by atomic mass is 35.5. The molecule has 0 atom stereocenters. The fraction of sp³-hybridized carbons (Fsp3) is 0. The van der Waals surface area contributed by atoms with Crippen molar-refractivity contribution in [3.63, 3.8) is 0 Å². The molecule has 0 bridgehead atoms. The Bertz CT molecular complexity index is 848. The third-order valence-electron chi connectivity index (χ3n) is 2.91. The Hall–Kier alpha value is -2.77. The molecule has 3 rings (SSSR count). The molecule has 8 heteroatoms. The SMILES string of the molecule is O=C(NN=Cc1nnc(Nc2ccc(Cl)cc2)s1)c1ccccc1. The van der Waals surface area contributed by atoms with Gasteiger partial charge in [-0.2, -0.15) is 5.10 Å². The van der Waals surface area contributed by atoms with Crippen LogP contribution in [0.5, 0.6) is 0 Å². The van der Waals surface area contributed by atoms with Gasteiger partial charge in [0.15, 0.2) is 5.01 Å². The monoisotopic (exact) mass is 357 g/mol. The number of nitrogens with one attached hydrogen (secondary N) is 2. The summed E-state index contributed by atoms with van der Waals surface area (Å²) >= 11 is 7.15. The van der Waals surface area contributed by atoms with E-state index in [-0.39, 0.29) is 5.91 Å². The zero-order valence-electron chi connectivity index (χ0n) is 12.3. The minimum absolute atomic E-state index is 0.282. The number of amides is 1. The fourth-order valence-corrected chi connectivity index (χ4v) is 2.56. The molecule has 3 aromatic rings. The van der Waals surface area contributed by atoms with Crippen LogP contribution in [0.3, 0.4) is 0 Å². The number of rotatable bonds is 5. The number of benzene rings is 2. The topological polar surface area (TPSA) is 79.3 Å². The number of aromatic nitrogens is 2. The van der Waals surface area contributed by atoms with E-state index in [1.165, 1.54) is 17.6 Å². The smallest absolute Gasteiger partial charge is 0.271 e. The number of halogens is 1. The number of nitrogens with zero attached hydrogens (tertiary/aromatic N) is 3. The molecule has 24 heavy (non-hydrogen) atoms. The van der Waals surface area contributed by atoms with E-state index in [1.807, 2.05) is 18.2 Å². The molecule has 120 valence electrons. The van der Waals surface area contributed by atoms with Crippen LogP contribution in [-0.4, -0.2) is 22.3 Å². The van der Waals surface area contributed by atoms with Crippen LogP contribution >= 0.6 is 22.9 Å². The molecule has 0 aliphatic carbocycles. The molecule has 6 nitrogen and oxygen atoms in total. The third-order valence-corrected chi connectivity index (χ3v) is 3.94. The fourth-order valence-electron chi connectivity index (χ4n) is 1.79. The summed E-state index contributed by atoms with van der Waals surface area (Å²) in [6.07, 6.45) is 1.45. The quantitative estimate of drug-likeness (QED) is 0.539. The maximum Gasteiger partial charge on any atom is 0.271 e. The van der Waals surface area contributed by atoms with Crippen molar-refractivity contribution < 1.29 is 4.79 Å². The molecule has 0 aliphatic heterocycles. The Morgan fingerprint density at radius 1 is 1.08 bits per heavy atom. The van der Waals surface area contributed by atoms with Crippen molar-refractivity contribution >= 4 is 45.9 Å². The van der Waals surface area contributed by atoms with Crippen LogP contribution in [0.25, 0.3) is 0 Å². The molecule has 0 unspecified atom stereocenters. The third kappa shape index (κ3) is 4.37. The second kappa shape index (κ2) is 7.67. The lowest BCUT2D eigenvalue weighted by molar-refractivity contribution is 0.0955. The van der Waals surface area contributed by atoms with Gasteiger partial charge in [-0.15, -0.1) is 10.2 Å². The highest BCUT2D eigenvalue weighted by Gasteiger charge is 2.04. The van der Waals surface area contributed by atoms with Crippen LogP contribution < -0.4 is 10.7 Å². The summed E-state index contributed by atoms with van der Waals surface area (Å²) in [6.45, 7) is 0. The molecule has 0 aliphatic rings. The maximum atomic E-state index is 11.8. The lowest BCUT2D eigenvalue weighted by atomic mass is 10.2. The molecule has 1 amide bonds. The lowest BCUT2D eigenvalue weighted by Crippen LogP contribution is -2.17. The second-order valence-corrected chi connectivity index (χ2v) is 6.09. The van der Waals surface area contributed by atoms with Gasteiger partial charge in [0.05, 0.1) is 6.21 Å². The van der Waals surface area contributed by atoms with Gasteiger partial charge >= 0.3 is 0 Å². The molecule has 0 fully saturated rings. The maximum absolute atomic E-state index is 11.8. The summed E-state index contributed by atoms with van der Waals surface area (Å²) in [5.41, 5.74) is 3.84. The van der Waals surface area contributed by atoms with E-state index in [2.05, 4.69) is 26.0 Å². The molecule has 0 saturated carbocycles. The first-order chi connectivity index (χ1) is 11.7. The summed E-state index contributed by atoms with van der Waals surface area (Å²) in [7, 11) is 0. The Morgan fingerprint density at radius 2 is 1.83 bits per heavy atom. The molecule has 1 heterocycles. The first-order valence-electron chi connectivity index (χ1n) is 6.95. The molecule has 2 N–H and O–H groups in total. The van der Waals surface area contributed by atoms with Gasteiger partial charge in [-0.05, 0) is 36.4 Å². The van der Waals surface area contributed by atoms with E-state index >= 15 is 0 Å². The predicted octanol–water partition coefficient (Wildman–Crippen LogP) is 3.70. The molecule has 0 radical (unpaired) electrons. The van der Waals surface area contributed by atoms with Crippen LogP contribution in [0.2, 0.25) is 5.02 Å². The van der Waals surface area contributed by atoms with Crippen molar-refractivity contribution in [2.24, 2.45) is 5.10 Å². The minimum Gasteiger partial charge on any atom is -0.330 e.